The lowest BCUT2D eigenvalue weighted by atomic mass is 10.0. The van der Waals surface area contributed by atoms with Gasteiger partial charge in [-0.15, -0.1) is 0 Å². The maximum Gasteiger partial charge on any atom is 0.202 e. The van der Waals surface area contributed by atoms with Crippen LogP contribution in [0.1, 0.15) is 21.7 Å². The molecule has 0 fully saturated rings. The summed E-state index contributed by atoms with van der Waals surface area (Å²) in [5.74, 6) is 0.322. The number of carbonyl (C=O) groups is 1. The number of halogens is 1. The van der Waals surface area contributed by atoms with E-state index in [9.17, 15) is 4.79 Å². The van der Waals surface area contributed by atoms with Crippen LogP contribution in [-0.4, -0.2) is 5.78 Å². The summed E-state index contributed by atoms with van der Waals surface area (Å²) in [6.45, 7) is 2.00. The molecule has 0 aliphatic carbocycles. The van der Waals surface area contributed by atoms with Crippen LogP contribution in [0, 0.1) is 6.92 Å². The summed E-state index contributed by atoms with van der Waals surface area (Å²) >= 11 is 6.06. The van der Waals surface area contributed by atoms with Gasteiger partial charge in [-0.05, 0) is 30.2 Å². The van der Waals surface area contributed by atoms with Crippen LogP contribution in [0.3, 0.4) is 0 Å². The lowest BCUT2D eigenvalue weighted by molar-refractivity contribution is 0.0968. The highest BCUT2D eigenvalue weighted by Gasteiger charge is 2.15. The van der Waals surface area contributed by atoms with E-state index in [1.807, 2.05) is 43.3 Å². The van der Waals surface area contributed by atoms with E-state index < -0.39 is 0 Å². The Morgan fingerprint density at radius 1 is 1.15 bits per heavy atom. The van der Waals surface area contributed by atoms with Crippen LogP contribution in [0.4, 0.5) is 0 Å². The van der Waals surface area contributed by atoms with Crippen molar-refractivity contribution in [1.82, 2.24) is 0 Å². The summed E-state index contributed by atoms with van der Waals surface area (Å²) in [5.41, 5.74) is 2.70. The quantitative estimate of drug-likeness (QED) is 0.646. The van der Waals surface area contributed by atoms with Crippen LogP contribution in [0.2, 0.25) is 5.02 Å². The summed E-state index contributed by atoms with van der Waals surface area (Å²) in [4.78, 5) is 12.3. The molecule has 2 aromatic carbocycles. The Morgan fingerprint density at radius 3 is 2.70 bits per heavy atom. The molecule has 0 amide bonds. The molecule has 0 saturated heterocycles. The monoisotopic (exact) mass is 284 g/mol. The van der Waals surface area contributed by atoms with Gasteiger partial charge >= 0.3 is 0 Å². The Hall–Kier alpha value is -2.06. The number of hydrogen-bond acceptors (Lipinski definition) is 2. The molecule has 2 nitrogen and oxygen atoms in total. The zero-order chi connectivity index (χ0) is 14.1. The number of rotatable bonds is 3. The third kappa shape index (κ3) is 2.35. The zero-order valence-electron chi connectivity index (χ0n) is 11.0. The first-order valence-electron chi connectivity index (χ1n) is 6.41. The third-order valence-electron chi connectivity index (χ3n) is 3.38. The third-order valence-corrected chi connectivity index (χ3v) is 3.68. The predicted octanol–water partition coefficient (Wildman–Crippen LogP) is 4.82. The van der Waals surface area contributed by atoms with Crippen molar-refractivity contribution in [3.63, 3.8) is 0 Å². The molecule has 0 bridgehead atoms. The summed E-state index contributed by atoms with van der Waals surface area (Å²) in [6, 6.07) is 15.1. The van der Waals surface area contributed by atoms with Gasteiger partial charge in [0.05, 0.1) is 5.02 Å². The van der Waals surface area contributed by atoms with Crippen LogP contribution in [0.25, 0.3) is 11.0 Å². The Bertz CT molecular complexity index is 787. The van der Waals surface area contributed by atoms with Crippen LogP contribution < -0.4 is 0 Å². The van der Waals surface area contributed by atoms with E-state index in [4.69, 9.17) is 16.0 Å². The summed E-state index contributed by atoms with van der Waals surface area (Å²) in [7, 11) is 0. The van der Waals surface area contributed by atoms with Crippen molar-refractivity contribution in [2.24, 2.45) is 0 Å². The number of furan rings is 1. The Labute approximate surface area is 122 Å². The molecule has 20 heavy (non-hydrogen) atoms. The molecule has 0 radical (unpaired) electrons. The van der Waals surface area contributed by atoms with Crippen molar-refractivity contribution in [3.8, 4) is 0 Å². The fraction of sp³-hybridized carbons (Fsp3) is 0.118. The molecule has 0 aliphatic heterocycles. The molecule has 0 spiro atoms. The minimum atomic E-state index is -0.0356. The zero-order valence-corrected chi connectivity index (χ0v) is 11.8. The van der Waals surface area contributed by atoms with E-state index in [1.54, 1.807) is 12.1 Å². The number of para-hydroxylation sites is 1. The number of ketones is 1. The second kappa shape index (κ2) is 5.14. The van der Waals surface area contributed by atoms with E-state index in [0.717, 1.165) is 16.5 Å². The van der Waals surface area contributed by atoms with E-state index in [1.165, 1.54) is 0 Å². The molecule has 0 atom stereocenters. The molecular weight excluding hydrogens is 272 g/mol. The SMILES string of the molecule is Cc1ccccc1CC(=O)c1cc2cccc(Cl)c2o1. The number of hydrogen-bond donors (Lipinski definition) is 0. The lowest BCUT2D eigenvalue weighted by Gasteiger charge is -2.02. The first kappa shape index (κ1) is 12.9. The van der Waals surface area contributed by atoms with Crippen molar-refractivity contribution < 1.29 is 9.21 Å². The Morgan fingerprint density at radius 2 is 1.95 bits per heavy atom. The summed E-state index contributed by atoms with van der Waals surface area (Å²) < 4.78 is 5.59. The minimum absolute atomic E-state index is 0.0356. The van der Waals surface area contributed by atoms with Crippen molar-refractivity contribution >= 4 is 28.4 Å². The highest BCUT2D eigenvalue weighted by Crippen LogP contribution is 2.27. The second-order valence-corrected chi connectivity index (χ2v) is 5.20. The van der Waals surface area contributed by atoms with Gasteiger partial charge in [-0.25, -0.2) is 0 Å². The van der Waals surface area contributed by atoms with Crippen LogP contribution >= 0.6 is 11.6 Å². The molecule has 1 heterocycles. The standard InChI is InChI=1S/C17H13ClO2/c1-11-5-2-3-6-12(11)9-15(19)16-10-13-7-4-8-14(18)17(13)20-16/h2-8,10H,9H2,1H3. The number of aryl methyl sites for hydroxylation is 1. The molecular formula is C17H13ClO2. The smallest absolute Gasteiger partial charge is 0.202 e. The van der Waals surface area contributed by atoms with Crippen LogP contribution in [0.15, 0.2) is 52.9 Å². The van der Waals surface area contributed by atoms with Crippen molar-refractivity contribution in [3.05, 3.63) is 70.4 Å². The van der Waals surface area contributed by atoms with E-state index in [2.05, 4.69) is 0 Å². The number of Topliss-reactive ketones (excluding diaryl/α,β-unsaturated/α-hetero) is 1. The molecule has 3 rings (SSSR count). The predicted molar refractivity (Wildman–Crippen MR) is 80.4 cm³/mol. The van der Waals surface area contributed by atoms with Crippen molar-refractivity contribution in [2.45, 2.75) is 13.3 Å². The molecule has 0 saturated carbocycles. The van der Waals surface area contributed by atoms with Gasteiger partial charge < -0.3 is 4.42 Å². The van der Waals surface area contributed by atoms with E-state index >= 15 is 0 Å². The lowest BCUT2D eigenvalue weighted by Crippen LogP contribution is -2.03. The van der Waals surface area contributed by atoms with Gasteiger partial charge in [-0.2, -0.15) is 0 Å². The highest BCUT2D eigenvalue weighted by molar-refractivity contribution is 6.34. The number of benzene rings is 2. The second-order valence-electron chi connectivity index (χ2n) is 4.80. The van der Waals surface area contributed by atoms with Gasteiger partial charge in [0.15, 0.2) is 11.3 Å². The topological polar surface area (TPSA) is 30.2 Å². The molecule has 3 aromatic rings. The van der Waals surface area contributed by atoms with Gasteiger partial charge in [0.25, 0.3) is 0 Å². The largest absolute Gasteiger partial charge is 0.451 e. The Balaban J connectivity index is 1.93. The Kier molecular flexibility index (Phi) is 3.33. The summed E-state index contributed by atoms with van der Waals surface area (Å²) in [5, 5.41) is 1.38. The number of fused-ring (bicyclic) bond motifs is 1. The van der Waals surface area contributed by atoms with Gasteiger partial charge in [0.1, 0.15) is 0 Å². The van der Waals surface area contributed by atoms with Crippen LogP contribution in [-0.2, 0) is 6.42 Å². The van der Waals surface area contributed by atoms with Gasteiger partial charge in [0.2, 0.25) is 5.78 Å². The van der Waals surface area contributed by atoms with Gasteiger partial charge in [-0.1, -0.05) is 48.0 Å². The van der Waals surface area contributed by atoms with Gasteiger partial charge in [-0.3, -0.25) is 4.79 Å². The normalized spacial score (nSPS) is 10.9. The van der Waals surface area contributed by atoms with E-state index in [-0.39, 0.29) is 5.78 Å². The molecule has 100 valence electrons. The molecule has 0 aliphatic rings. The average molecular weight is 285 g/mol. The fourth-order valence-electron chi connectivity index (χ4n) is 2.23. The fourth-order valence-corrected chi connectivity index (χ4v) is 2.45. The molecule has 3 heteroatoms. The van der Waals surface area contributed by atoms with Crippen molar-refractivity contribution in [2.75, 3.05) is 0 Å². The molecule has 0 N–H and O–H groups in total. The average Bonchev–Trinajstić information content (AvgIpc) is 2.87. The minimum Gasteiger partial charge on any atom is -0.451 e. The first-order valence-corrected chi connectivity index (χ1v) is 6.79. The first-order chi connectivity index (χ1) is 9.65. The highest BCUT2D eigenvalue weighted by atomic mass is 35.5. The molecule has 1 aromatic heterocycles. The van der Waals surface area contributed by atoms with Crippen molar-refractivity contribution in [1.29, 1.82) is 0 Å². The summed E-state index contributed by atoms with van der Waals surface area (Å²) in [6.07, 6.45) is 0.337. The molecule has 0 unspecified atom stereocenters. The maximum atomic E-state index is 12.3. The van der Waals surface area contributed by atoms with Crippen LogP contribution in [0.5, 0.6) is 0 Å². The van der Waals surface area contributed by atoms with Gasteiger partial charge in [0, 0.05) is 11.8 Å². The maximum absolute atomic E-state index is 12.3. The van der Waals surface area contributed by atoms with E-state index in [0.29, 0.717) is 22.8 Å². The number of carbonyl (C=O) groups excluding carboxylic acids is 1.